The summed E-state index contributed by atoms with van der Waals surface area (Å²) < 4.78 is 0. The van der Waals surface area contributed by atoms with Crippen LogP contribution in [0.1, 0.15) is 227 Å². The van der Waals surface area contributed by atoms with Crippen LogP contribution in [0.2, 0.25) is 0 Å². The van der Waals surface area contributed by atoms with E-state index in [4.69, 9.17) is 0 Å². The Labute approximate surface area is 256 Å². The van der Waals surface area contributed by atoms with Gasteiger partial charge in [0, 0.05) is 0 Å². The highest BCUT2D eigenvalue weighted by molar-refractivity contribution is 4.95. The Morgan fingerprint density at radius 1 is 0.250 bits per heavy atom. The Balaban J connectivity index is 2.74. The fraction of sp³-hybridized carbons (Fsp3) is 1.00. The van der Waals surface area contributed by atoms with E-state index in [1.165, 1.54) is 167 Å². The summed E-state index contributed by atoms with van der Waals surface area (Å²) in [6, 6.07) is 0. The van der Waals surface area contributed by atoms with Gasteiger partial charge in [0.2, 0.25) is 0 Å². The zero-order valence-corrected chi connectivity index (χ0v) is 29.1. The highest BCUT2D eigenvalue weighted by Crippen LogP contribution is 2.53. The average molecular weight is 561 g/mol. The summed E-state index contributed by atoms with van der Waals surface area (Å²) in [6.07, 6.45) is 44.4. The lowest BCUT2D eigenvalue weighted by atomic mass is 9.78. The van der Waals surface area contributed by atoms with Crippen LogP contribution < -0.4 is 0 Å². The second-order valence-corrected chi connectivity index (χ2v) is 14.4. The minimum Gasteiger partial charge on any atom is -0.0654 e. The highest BCUT2D eigenvalue weighted by atomic mass is 14.5. The van der Waals surface area contributed by atoms with Gasteiger partial charge >= 0.3 is 0 Å². The van der Waals surface area contributed by atoms with E-state index in [0.29, 0.717) is 0 Å². The molecule has 1 aliphatic rings. The molecule has 0 bridgehead atoms. The average Bonchev–Trinajstić information content (AvgIpc) is 3.20. The van der Waals surface area contributed by atoms with Crippen molar-refractivity contribution in [3.63, 3.8) is 0 Å². The molecule has 1 aliphatic carbocycles. The van der Waals surface area contributed by atoms with Crippen molar-refractivity contribution in [2.24, 2.45) is 29.6 Å². The summed E-state index contributed by atoms with van der Waals surface area (Å²) in [7, 11) is 0. The van der Waals surface area contributed by atoms with Crippen LogP contribution >= 0.6 is 0 Å². The molecule has 0 heterocycles. The Morgan fingerprint density at radius 2 is 0.450 bits per heavy atom. The molecule has 0 amide bonds. The molecule has 0 aromatic rings. The van der Waals surface area contributed by atoms with E-state index in [9.17, 15) is 0 Å². The van der Waals surface area contributed by atoms with Crippen LogP contribution in [0, 0.1) is 29.6 Å². The van der Waals surface area contributed by atoms with Crippen molar-refractivity contribution in [1.82, 2.24) is 0 Å². The molecule has 0 saturated heterocycles. The van der Waals surface area contributed by atoms with Gasteiger partial charge < -0.3 is 0 Å². The summed E-state index contributed by atoms with van der Waals surface area (Å²) in [5, 5.41) is 0. The van der Waals surface area contributed by atoms with Crippen molar-refractivity contribution in [3.8, 4) is 0 Å². The second-order valence-electron chi connectivity index (χ2n) is 14.4. The van der Waals surface area contributed by atoms with Gasteiger partial charge in [0.25, 0.3) is 0 Å². The molecule has 0 heteroatoms. The molecule has 1 saturated carbocycles. The van der Waals surface area contributed by atoms with Gasteiger partial charge in [-0.1, -0.05) is 202 Å². The zero-order valence-electron chi connectivity index (χ0n) is 29.1. The molecule has 5 atom stereocenters. The van der Waals surface area contributed by atoms with Gasteiger partial charge in [0.15, 0.2) is 0 Å². The summed E-state index contributed by atoms with van der Waals surface area (Å²) >= 11 is 0. The van der Waals surface area contributed by atoms with Crippen molar-refractivity contribution in [2.45, 2.75) is 227 Å². The maximum atomic E-state index is 2.73. The monoisotopic (exact) mass is 561 g/mol. The largest absolute Gasteiger partial charge is 0.0654 e. The molecule has 0 aromatic heterocycles. The molecule has 0 aromatic carbocycles. The third-order valence-electron chi connectivity index (χ3n) is 11.1. The molecule has 0 radical (unpaired) electrons. The summed E-state index contributed by atoms with van der Waals surface area (Å²) in [4.78, 5) is 0. The second kappa shape index (κ2) is 27.8. The first-order valence-electron chi connectivity index (χ1n) is 19.7. The quantitative estimate of drug-likeness (QED) is 0.0766. The molecule has 1 fully saturated rings. The minimum atomic E-state index is 0.982. The first-order chi connectivity index (χ1) is 19.7. The van der Waals surface area contributed by atoms with Gasteiger partial charge in [-0.2, -0.15) is 0 Å². The van der Waals surface area contributed by atoms with Gasteiger partial charge in [-0.15, -0.1) is 0 Å². The lowest BCUT2D eigenvalue weighted by Crippen LogP contribution is -2.18. The smallest absolute Gasteiger partial charge is 0.0352 e. The molecule has 1 rings (SSSR count). The number of rotatable bonds is 30. The fourth-order valence-electron chi connectivity index (χ4n) is 8.54. The van der Waals surface area contributed by atoms with Crippen LogP contribution in [0.4, 0.5) is 0 Å². The topological polar surface area (TPSA) is 0 Å². The molecule has 240 valence electrons. The highest BCUT2D eigenvalue weighted by Gasteiger charge is 2.46. The van der Waals surface area contributed by atoms with E-state index >= 15 is 0 Å². The van der Waals surface area contributed by atoms with Gasteiger partial charge in [0.1, 0.15) is 0 Å². The Bertz CT molecular complexity index is 494. The normalized spacial score (nSPS) is 22.9. The summed E-state index contributed by atoms with van der Waals surface area (Å²) in [5.41, 5.74) is 0. The molecule has 40 heavy (non-hydrogen) atoms. The molecule has 0 N–H and O–H groups in total. The van der Waals surface area contributed by atoms with E-state index in [2.05, 4.69) is 34.6 Å². The summed E-state index contributed by atoms with van der Waals surface area (Å²) in [5.74, 6) is 5.14. The lowest BCUT2D eigenvalue weighted by molar-refractivity contribution is 0.224. The Kier molecular flexibility index (Phi) is 26.4. The first-order valence-corrected chi connectivity index (χ1v) is 19.7. The van der Waals surface area contributed by atoms with E-state index in [0.717, 1.165) is 29.6 Å². The van der Waals surface area contributed by atoms with Crippen LogP contribution in [-0.2, 0) is 0 Å². The van der Waals surface area contributed by atoms with Crippen molar-refractivity contribution in [3.05, 3.63) is 0 Å². The predicted molar refractivity (Wildman–Crippen MR) is 184 cm³/mol. The molecule has 0 nitrogen and oxygen atoms in total. The third kappa shape index (κ3) is 17.8. The molecular formula is C40H80. The standard InChI is InChI=1S/C40H80/c1-6-10-14-18-21-23-26-29-33-38-36(5)37(32-28-24-17-13-9-4)39(34-30-25-20-16-12-8-3)40(38)35-31-27-22-19-15-11-7-2/h36-40H,6-35H2,1-5H3/t36?,37?,38?,39?,40-/m1/s1. The predicted octanol–water partition coefficient (Wildman–Crippen LogP) is 14.9. The van der Waals surface area contributed by atoms with E-state index in [1.54, 1.807) is 25.7 Å². The maximum absolute atomic E-state index is 2.73. The van der Waals surface area contributed by atoms with Crippen LogP contribution in [0.15, 0.2) is 0 Å². The molecular weight excluding hydrogens is 480 g/mol. The van der Waals surface area contributed by atoms with Crippen LogP contribution in [0.3, 0.4) is 0 Å². The molecule has 0 aliphatic heterocycles. The van der Waals surface area contributed by atoms with E-state index in [1.807, 2.05) is 0 Å². The number of hydrogen-bond acceptors (Lipinski definition) is 0. The fourth-order valence-corrected chi connectivity index (χ4v) is 8.54. The van der Waals surface area contributed by atoms with Crippen LogP contribution in [0.25, 0.3) is 0 Å². The minimum absolute atomic E-state index is 0.982. The Hall–Kier alpha value is 0. The number of unbranched alkanes of at least 4 members (excludes halogenated alkanes) is 22. The van der Waals surface area contributed by atoms with Crippen molar-refractivity contribution < 1.29 is 0 Å². The van der Waals surface area contributed by atoms with Crippen molar-refractivity contribution in [1.29, 1.82) is 0 Å². The van der Waals surface area contributed by atoms with Crippen molar-refractivity contribution in [2.75, 3.05) is 0 Å². The molecule has 4 unspecified atom stereocenters. The van der Waals surface area contributed by atoms with Gasteiger partial charge in [0.05, 0.1) is 0 Å². The first kappa shape index (κ1) is 38.0. The van der Waals surface area contributed by atoms with Crippen LogP contribution in [-0.4, -0.2) is 0 Å². The SMILES string of the molecule is CCCCCCCCCCC1C(C)C(CCCCCCC)C(CCCCCCCC)[C@@H]1CCCCCCCCC. The van der Waals surface area contributed by atoms with Gasteiger partial charge in [-0.3, -0.25) is 0 Å². The van der Waals surface area contributed by atoms with Gasteiger partial charge in [-0.05, 0) is 55.3 Å². The van der Waals surface area contributed by atoms with Gasteiger partial charge in [-0.25, -0.2) is 0 Å². The Morgan fingerprint density at radius 3 is 0.700 bits per heavy atom. The molecule has 0 spiro atoms. The lowest BCUT2D eigenvalue weighted by Gasteiger charge is -2.28. The van der Waals surface area contributed by atoms with E-state index < -0.39 is 0 Å². The maximum Gasteiger partial charge on any atom is -0.0352 e. The summed E-state index contributed by atoms with van der Waals surface area (Å²) in [6.45, 7) is 12.1. The van der Waals surface area contributed by atoms with Crippen LogP contribution in [0.5, 0.6) is 0 Å². The number of hydrogen-bond donors (Lipinski definition) is 0. The zero-order chi connectivity index (χ0) is 29.1. The van der Waals surface area contributed by atoms with Crippen molar-refractivity contribution >= 4 is 0 Å². The third-order valence-corrected chi connectivity index (χ3v) is 11.1. The van der Waals surface area contributed by atoms with E-state index in [-0.39, 0.29) is 0 Å².